The standard InChI is InChI=1S/C28H30FN5O5/c1-3-32-9-4-10-33(12-11-32)22-8-7-19-18(30-22)13-21(39-19)28(14-23(35)31-27(28)37)16-34-15-17-5-6-20(38-2)25(29)24(17)26(34)36/h5-8,13H,3-4,9-12,14-16H2,1-2H3,(H,31,35,37)/t28-/m1/s1. The second-order valence-corrected chi connectivity index (χ2v) is 10.4. The van der Waals surface area contributed by atoms with Crippen LogP contribution < -0.4 is 15.0 Å². The molecule has 1 atom stereocenters. The van der Waals surface area contributed by atoms with Crippen LogP contribution in [0.15, 0.2) is 34.7 Å². The predicted molar refractivity (Wildman–Crippen MR) is 140 cm³/mol. The normalized spacial score (nSPS) is 22.0. The van der Waals surface area contributed by atoms with Crippen LogP contribution in [-0.2, 0) is 21.5 Å². The third kappa shape index (κ3) is 4.21. The summed E-state index contributed by atoms with van der Waals surface area (Å²) in [5.74, 6) is -1.27. The lowest BCUT2D eigenvalue weighted by Crippen LogP contribution is -2.46. The van der Waals surface area contributed by atoms with Gasteiger partial charge < -0.3 is 23.9 Å². The van der Waals surface area contributed by atoms with Crippen LogP contribution in [0.4, 0.5) is 10.2 Å². The van der Waals surface area contributed by atoms with Crippen molar-refractivity contribution in [3.63, 3.8) is 0 Å². The first-order valence-corrected chi connectivity index (χ1v) is 13.2. The van der Waals surface area contributed by atoms with Gasteiger partial charge in [-0.1, -0.05) is 13.0 Å². The number of anilines is 1. The number of pyridine rings is 1. The van der Waals surface area contributed by atoms with Crippen molar-refractivity contribution in [3.05, 3.63) is 53.0 Å². The third-order valence-electron chi connectivity index (χ3n) is 8.08. The van der Waals surface area contributed by atoms with Gasteiger partial charge in [0.2, 0.25) is 11.8 Å². The average molecular weight is 536 g/mol. The topological polar surface area (TPSA) is 108 Å². The number of fused-ring (bicyclic) bond motifs is 2. The van der Waals surface area contributed by atoms with Crippen molar-refractivity contribution in [2.24, 2.45) is 0 Å². The lowest BCUT2D eigenvalue weighted by Gasteiger charge is -2.28. The molecule has 1 N–H and O–H groups in total. The van der Waals surface area contributed by atoms with Crippen molar-refractivity contribution in [3.8, 4) is 5.75 Å². The summed E-state index contributed by atoms with van der Waals surface area (Å²) in [5, 5.41) is 2.37. The second kappa shape index (κ2) is 9.64. The zero-order chi connectivity index (χ0) is 27.3. The molecule has 1 aromatic carbocycles. The van der Waals surface area contributed by atoms with Gasteiger partial charge in [-0.3, -0.25) is 19.7 Å². The van der Waals surface area contributed by atoms with Gasteiger partial charge in [-0.15, -0.1) is 0 Å². The average Bonchev–Trinajstić information content (AvgIpc) is 3.50. The van der Waals surface area contributed by atoms with Gasteiger partial charge in [0, 0.05) is 38.8 Å². The van der Waals surface area contributed by atoms with E-state index in [-0.39, 0.29) is 36.6 Å². The molecular weight excluding hydrogens is 505 g/mol. The molecule has 2 fully saturated rings. The number of hydrogen-bond acceptors (Lipinski definition) is 8. The molecule has 0 spiro atoms. The number of hydrogen-bond donors (Lipinski definition) is 1. The first kappa shape index (κ1) is 25.3. The van der Waals surface area contributed by atoms with E-state index in [1.165, 1.54) is 18.1 Å². The van der Waals surface area contributed by atoms with Gasteiger partial charge in [0.25, 0.3) is 5.91 Å². The fourth-order valence-corrected chi connectivity index (χ4v) is 5.90. The molecule has 3 aromatic rings. The van der Waals surface area contributed by atoms with Gasteiger partial charge in [-0.25, -0.2) is 9.37 Å². The minimum atomic E-state index is -1.46. The maximum atomic E-state index is 14.9. The van der Waals surface area contributed by atoms with Crippen LogP contribution in [0.3, 0.4) is 0 Å². The number of carbonyl (C=O) groups excluding carboxylic acids is 3. The summed E-state index contributed by atoms with van der Waals surface area (Å²) in [6.45, 7) is 6.88. The fraction of sp³-hybridized carbons (Fsp3) is 0.429. The van der Waals surface area contributed by atoms with E-state index in [2.05, 4.69) is 22.0 Å². The highest BCUT2D eigenvalue weighted by molar-refractivity contribution is 6.10. The molecule has 3 aliphatic heterocycles. The van der Waals surface area contributed by atoms with Crippen LogP contribution in [0.5, 0.6) is 5.75 Å². The molecule has 0 bridgehead atoms. The van der Waals surface area contributed by atoms with E-state index in [0.29, 0.717) is 16.7 Å². The summed E-state index contributed by atoms with van der Waals surface area (Å²) in [6, 6.07) is 8.52. The number of amides is 3. The summed E-state index contributed by atoms with van der Waals surface area (Å²) in [6.07, 6.45) is 0.845. The Balaban J connectivity index is 1.32. The number of carbonyl (C=O) groups is 3. The van der Waals surface area contributed by atoms with Crippen LogP contribution >= 0.6 is 0 Å². The molecule has 204 valence electrons. The van der Waals surface area contributed by atoms with Crippen LogP contribution in [0.25, 0.3) is 11.1 Å². The Morgan fingerprint density at radius 1 is 1.13 bits per heavy atom. The quantitative estimate of drug-likeness (QED) is 0.480. The third-order valence-corrected chi connectivity index (χ3v) is 8.08. The highest BCUT2D eigenvalue weighted by atomic mass is 19.1. The number of methoxy groups -OCH3 is 1. The van der Waals surface area contributed by atoms with E-state index in [0.717, 1.165) is 45.0 Å². The molecule has 0 aliphatic carbocycles. The summed E-state index contributed by atoms with van der Waals surface area (Å²) in [4.78, 5) is 49.8. The molecule has 0 unspecified atom stereocenters. The molecule has 11 heteroatoms. The van der Waals surface area contributed by atoms with Gasteiger partial charge in [0.1, 0.15) is 22.5 Å². The minimum absolute atomic E-state index is 0.0292. The Hall–Kier alpha value is -3.99. The van der Waals surface area contributed by atoms with Crippen LogP contribution in [0, 0.1) is 5.82 Å². The number of nitrogens with zero attached hydrogens (tertiary/aromatic N) is 4. The van der Waals surface area contributed by atoms with Gasteiger partial charge in [0.15, 0.2) is 17.1 Å². The summed E-state index contributed by atoms with van der Waals surface area (Å²) < 4.78 is 26.1. The van der Waals surface area contributed by atoms with E-state index in [1.54, 1.807) is 12.1 Å². The predicted octanol–water partition coefficient (Wildman–Crippen LogP) is 2.45. The van der Waals surface area contributed by atoms with E-state index < -0.39 is 29.0 Å². The molecule has 39 heavy (non-hydrogen) atoms. The number of furan rings is 1. The van der Waals surface area contributed by atoms with E-state index in [4.69, 9.17) is 14.1 Å². The molecule has 5 heterocycles. The highest BCUT2D eigenvalue weighted by Crippen LogP contribution is 2.40. The molecule has 10 nitrogen and oxygen atoms in total. The summed E-state index contributed by atoms with van der Waals surface area (Å²) >= 11 is 0. The van der Waals surface area contributed by atoms with E-state index in [9.17, 15) is 18.8 Å². The van der Waals surface area contributed by atoms with Crippen LogP contribution in [-0.4, -0.2) is 78.9 Å². The number of halogens is 1. The maximum absolute atomic E-state index is 14.9. The zero-order valence-corrected chi connectivity index (χ0v) is 22.0. The Morgan fingerprint density at radius 3 is 2.72 bits per heavy atom. The van der Waals surface area contributed by atoms with Gasteiger partial charge in [-0.2, -0.15) is 0 Å². The number of rotatable bonds is 6. The largest absolute Gasteiger partial charge is 0.494 e. The monoisotopic (exact) mass is 535 g/mol. The van der Waals surface area contributed by atoms with Gasteiger partial charge in [-0.05, 0) is 43.3 Å². The molecule has 3 amide bonds. The van der Waals surface area contributed by atoms with Crippen molar-refractivity contribution >= 4 is 34.6 Å². The number of aromatic nitrogens is 1. The van der Waals surface area contributed by atoms with Crippen molar-refractivity contribution in [1.29, 1.82) is 0 Å². The summed E-state index contributed by atoms with van der Waals surface area (Å²) in [7, 11) is 1.33. The molecule has 2 saturated heterocycles. The van der Waals surface area contributed by atoms with Crippen molar-refractivity contribution in [2.45, 2.75) is 31.7 Å². The number of likely N-dealkylation sites (N-methyl/N-ethyl adjacent to an activating group) is 1. The molecule has 2 aromatic heterocycles. The van der Waals surface area contributed by atoms with E-state index in [1.807, 2.05) is 12.1 Å². The van der Waals surface area contributed by atoms with Gasteiger partial charge >= 0.3 is 0 Å². The number of ether oxygens (including phenoxy) is 1. The lowest BCUT2D eigenvalue weighted by molar-refractivity contribution is -0.127. The highest BCUT2D eigenvalue weighted by Gasteiger charge is 2.53. The first-order chi connectivity index (χ1) is 18.8. The Morgan fingerprint density at radius 2 is 1.97 bits per heavy atom. The fourth-order valence-electron chi connectivity index (χ4n) is 5.90. The molecule has 0 radical (unpaired) electrons. The van der Waals surface area contributed by atoms with Crippen LogP contribution in [0.1, 0.15) is 41.4 Å². The van der Waals surface area contributed by atoms with E-state index >= 15 is 0 Å². The van der Waals surface area contributed by atoms with Crippen molar-refractivity contribution in [2.75, 3.05) is 51.3 Å². The number of benzene rings is 1. The number of imide groups is 1. The maximum Gasteiger partial charge on any atom is 0.257 e. The second-order valence-electron chi connectivity index (χ2n) is 10.4. The van der Waals surface area contributed by atoms with Gasteiger partial charge in [0.05, 0.1) is 19.1 Å². The smallest absolute Gasteiger partial charge is 0.257 e. The molecule has 6 rings (SSSR count). The minimum Gasteiger partial charge on any atom is -0.494 e. The lowest BCUT2D eigenvalue weighted by atomic mass is 9.82. The van der Waals surface area contributed by atoms with Crippen LogP contribution in [0.2, 0.25) is 0 Å². The number of nitrogens with one attached hydrogen (secondary N) is 1. The Bertz CT molecular complexity index is 1490. The van der Waals surface area contributed by atoms with Crippen molar-refractivity contribution < 1.29 is 27.9 Å². The van der Waals surface area contributed by atoms with Crippen molar-refractivity contribution in [1.82, 2.24) is 20.1 Å². The molecular formula is C28H30FN5O5. The summed E-state index contributed by atoms with van der Waals surface area (Å²) in [5.41, 5.74) is 0.00687. The zero-order valence-electron chi connectivity index (χ0n) is 22.0. The Labute approximate surface area is 224 Å². The molecule has 3 aliphatic rings. The molecule has 0 saturated carbocycles. The Kier molecular flexibility index (Phi) is 6.25. The SMILES string of the molecule is CCN1CCCN(c2ccc3oc([C@]4(CN5Cc6ccc(OC)c(F)c6C5=O)CC(=O)NC4=O)cc3n2)CC1. The first-order valence-electron chi connectivity index (χ1n) is 13.2.